The highest BCUT2D eigenvalue weighted by Crippen LogP contribution is 2.28. The smallest absolute Gasteiger partial charge is 0.246 e. The van der Waals surface area contributed by atoms with Gasteiger partial charge in [-0.15, -0.1) is 10.2 Å². The van der Waals surface area contributed by atoms with Crippen molar-refractivity contribution in [2.75, 3.05) is 22.4 Å². The third-order valence-electron chi connectivity index (χ3n) is 4.04. The van der Waals surface area contributed by atoms with Crippen molar-refractivity contribution in [1.29, 1.82) is 0 Å². The molecular formula is C20H22N4O3S3. The largest absolute Gasteiger partial charge is 0.299 e. The maximum Gasteiger partial charge on any atom is 0.246 e. The Morgan fingerprint density at radius 2 is 1.77 bits per heavy atom. The summed E-state index contributed by atoms with van der Waals surface area (Å²) in [6.07, 6.45) is 1.08. The first-order valence-corrected chi connectivity index (χ1v) is 12.7. The Morgan fingerprint density at radius 1 is 1.10 bits per heavy atom. The first-order valence-electron chi connectivity index (χ1n) is 9.07. The summed E-state index contributed by atoms with van der Waals surface area (Å²) in [6.45, 7) is 3.42. The second-order valence-electron chi connectivity index (χ2n) is 6.81. The standard InChI is InChI=1S/C20H22N4O3S3/c1-14-9-15(2)11-17(10-14)24(30(3,26)27)12-18(25)21-19-22-23-20(29-19)28-13-16-7-5-4-6-8-16/h4-11H,12-13H2,1-3H3,(H,21,22,25). The number of carbonyl (C=O) groups excluding carboxylic acids is 1. The predicted octanol–water partition coefficient (Wildman–Crippen LogP) is 3.85. The van der Waals surface area contributed by atoms with Crippen LogP contribution in [-0.4, -0.2) is 37.3 Å². The van der Waals surface area contributed by atoms with E-state index in [1.807, 2.05) is 50.2 Å². The van der Waals surface area contributed by atoms with Gasteiger partial charge >= 0.3 is 0 Å². The molecule has 0 saturated carbocycles. The van der Waals surface area contributed by atoms with E-state index in [0.717, 1.165) is 31.8 Å². The van der Waals surface area contributed by atoms with Crippen molar-refractivity contribution >= 4 is 49.8 Å². The predicted molar refractivity (Wildman–Crippen MR) is 123 cm³/mol. The molecule has 2 aromatic carbocycles. The molecule has 1 heterocycles. The lowest BCUT2D eigenvalue weighted by Gasteiger charge is -2.22. The molecule has 0 fully saturated rings. The number of aromatic nitrogens is 2. The van der Waals surface area contributed by atoms with Gasteiger partial charge in [0.25, 0.3) is 0 Å². The highest BCUT2D eigenvalue weighted by molar-refractivity contribution is 8.00. The lowest BCUT2D eigenvalue weighted by molar-refractivity contribution is -0.114. The SMILES string of the molecule is Cc1cc(C)cc(N(CC(=O)Nc2nnc(SCc3ccccc3)s2)S(C)(=O)=O)c1. The van der Waals surface area contributed by atoms with Crippen LogP contribution in [0.4, 0.5) is 10.8 Å². The summed E-state index contributed by atoms with van der Waals surface area (Å²) in [5.41, 5.74) is 3.47. The number of benzene rings is 2. The zero-order valence-corrected chi connectivity index (χ0v) is 19.3. The number of anilines is 2. The van der Waals surface area contributed by atoms with E-state index in [2.05, 4.69) is 15.5 Å². The van der Waals surface area contributed by atoms with Gasteiger partial charge in [-0.1, -0.05) is 59.5 Å². The number of thioether (sulfide) groups is 1. The van der Waals surface area contributed by atoms with E-state index in [1.54, 1.807) is 12.1 Å². The second kappa shape index (κ2) is 9.59. The van der Waals surface area contributed by atoms with Crippen LogP contribution in [0, 0.1) is 13.8 Å². The number of nitrogens with zero attached hydrogens (tertiary/aromatic N) is 3. The Kier molecular flexibility index (Phi) is 7.11. The second-order valence-corrected chi connectivity index (χ2v) is 10.9. The molecule has 0 atom stereocenters. The van der Waals surface area contributed by atoms with Gasteiger partial charge in [0.15, 0.2) is 4.34 Å². The number of nitrogens with one attached hydrogen (secondary N) is 1. The molecule has 3 rings (SSSR count). The molecule has 10 heteroatoms. The van der Waals surface area contributed by atoms with Gasteiger partial charge in [0.1, 0.15) is 6.54 Å². The summed E-state index contributed by atoms with van der Waals surface area (Å²) in [7, 11) is -3.64. The van der Waals surface area contributed by atoms with Crippen LogP contribution in [0.15, 0.2) is 52.9 Å². The monoisotopic (exact) mass is 462 g/mol. The fraction of sp³-hybridized carbons (Fsp3) is 0.250. The maximum absolute atomic E-state index is 12.5. The van der Waals surface area contributed by atoms with Crippen LogP contribution >= 0.6 is 23.1 Å². The Balaban J connectivity index is 1.65. The molecule has 7 nitrogen and oxygen atoms in total. The Hall–Kier alpha value is -2.43. The number of rotatable bonds is 8. The zero-order valence-electron chi connectivity index (χ0n) is 16.8. The van der Waals surface area contributed by atoms with E-state index in [9.17, 15) is 13.2 Å². The van der Waals surface area contributed by atoms with Gasteiger partial charge in [-0.25, -0.2) is 8.42 Å². The number of carbonyl (C=O) groups is 1. The van der Waals surface area contributed by atoms with Gasteiger partial charge in [-0.3, -0.25) is 14.4 Å². The quantitative estimate of drug-likeness (QED) is 0.404. The molecule has 3 aromatic rings. The zero-order chi connectivity index (χ0) is 21.7. The van der Waals surface area contributed by atoms with E-state index in [4.69, 9.17) is 0 Å². The lowest BCUT2D eigenvalue weighted by Crippen LogP contribution is -2.37. The summed E-state index contributed by atoms with van der Waals surface area (Å²) in [5, 5.41) is 11.1. The minimum Gasteiger partial charge on any atom is -0.299 e. The van der Waals surface area contributed by atoms with Crippen molar-refractivity contribution in [1.82, 2.24) is 10.2 Å². The maximum atomic E-state index is 12.5. The number of sulfonamides is 1. The van der Waals surface area contributed by atoms with Crippen molar-refractivity contribution in [3.8, 4) is 0 Å². The highest BCUT2D eigenvalue weighted by atomic mass is 32.2. The third kappa shape index (κ3) is 6.28. The highest BCUT2D eigenvalue weighted by Gasteiger charge is 2.22. The van der Waals surface area contributed by atoms with Crippen LogP contribution in [0.1, 0.15) is 16.7 Å². The number of hydrogen-bond acceptors (Lipinski definition) is 7. The molecular weight excluding hydrogens is 440 g/mol. The molecule has 0 bridgehead atoms. The molecule has 0 aliphatic carbocycles. The summed E-state index contributed by atoms with van der Waals surface area (Å²) in [5.74, 6) is 0.271. The van der Waals surface area contributed by atoms with E-state index < -0.39 is 15.9 Å². The number of amides is 1. The summed E-state index contributed by atoms with van der Waals surface area (Å²) in [4.78, 5) is 12.5. The van der Waals surface area contributed by atoms with Crippen molar-refractivity contribution in [2.24, 2.45) is 0 Å². The van der Waals surface area contributed by atoms with Gasteiger partial charge in [-0.05, 0) is 42.7 Å². The Morgan fingerprint density at radius 3 is 2.40 bits per heavy atom. The van der Waals surface area contributed by atoms with E-state index >= 15 is 0 Å². The van der Waals surface area contributed by atoms with Crippen LogP contribution in [0.3, 0.4) is 0 Å². The van der Waals surface area contributed by atoms with Crippen molar-refractivity contribution in [3.63, 3.8) is 0 Å². The minimum absolute atomic E-state index is 0.337. The number of hydrogen-bond donors (Lipinski definition) is 1. The average molecular weight is 463 g/mol. The molecule has 0 aliphatic heterocycles. The molecule has 0 saturated heterocycles. The first kappa shape index (κ1) is 22.3. The molecule has 0 spiro atoms. The number of aryl methyl sites for hydroxylation is 2. The normalized spacial score (nSPS) is 11.3. The van der Waals surface area contributed by atoms with Gasteiger partial charge in [-0.2, -0.15) is 0 Å². The molecule has 1 aromatic heterocycles. The van der Waals surface area contributed by atoms with Crippen LogP contribution in [0.25, 0.3) is 0 Å². The summed E-state index contributed by atoms with van der Waals surface area (Å²) >= 11 is 2.78. The van der Waals surface area contributed by atoms with Crippen LogP contribution in [0.5, 0.6) is 0 Å². The van der Waals surface area contributed by atoms with Gasteiger partial charge in [0, 0.05) is 5.75 Å². The fourth-order valence-corrected chi connectivity index (χ4v) is 5.39. The van der Waals surface area contributed by atoms with Crippen LogP contribution in [0.2, 0.25) is 0 Å². The molecule has 0 unspecified atom stereocenters. The van der Waals surface area contributed by atoms with E-state index in [0.29, 0.717) is 10.8 Å². The van der Waals surface area contributed by atoms with Gasteiger partial charge in [0.05, 0.1) is 11.9 Å². The Labute approximate surface area is 184 Å². The lowest BCUT2D eigenvalue weighted by atomic mass is 10.1. The molecule has 0 aliphatic rings. The van der Waals surface area contributed by atoms with Gasteiger partial charge < -0.3 is 0 Å². The minimum atomic E-state index is -3.64. The first-order chi connectivity index (χ1) is 14.2. The van der Waals surface area contributed by atoms with E-state index in [-0.39, 0.29) is 6.54 Å². The van der Waals surface area contributed by atoms with Gasteiger partial charge in [0.2, 0.25) is 21.1 Å². The Bertz CT molecular complexity index is 1110. The summed E-state index contributed by atoms with van der Waals surface area (Å²) in [6, 6.07) is 15.4. The molecule has 0 radical (unpaired) electrons. The molecule has 1 N–H and O–H groups in total. The average Bonchev–Trinajstić information content (AvgIpc) is 3.11. The van der Waals surface area contributed by atoms with Crippen molar-refractivity contribution < 1.29 is 13.2 Å². The molecule has 30 heavy (non-hydrogen) atoms. The van der Waals surface area contributed by atoms with Crippen molar-refractivity contribution in [3.05, 3.63) is 65.2 Å². The fourth-order valence-electron chi connectivity index (χ4n) is 2.82. The van der Waals surface area contributed by atoms with Crippen LogP contribution in [-0.2, 0) is 20.6 Å². The van der Waals surface area contributed by atoms with E-state index in [1.165, 1.54) is 28.7 Å². The van der Waals surface area contributed by atoms with Crippen molar-refractivity contribution in [2.45, 2.75) is 23.9 Å². The van der Waals surface area contributed by atoms with Crippen LogP contribution < -0.4 is 9.62 Å². The summed E-state index contributed by atoms with van der Waals surface area (Å²) < 4.78 is 26.4. The topological polar surface area (TPSA) is 92.3 Å². The third-order valence-corrected chi connectivity index (χ3v) is 7.22. The molecule has 158 valence electrons. The molecule has 1 amide bonds.